The van der Waals surface area contributed by atoms with Crippen molar-refractivity contribution in [2.24, 2.45) is 0 Å². The molecule has 0 aromatic carbocycles. The molecule has 6 nitrogen and oxygen atoms in total. The maximum atomic E-state index is 5.87. The van der Waals surface area contributed by atoms with Gasteiger partial charge in [0.2, 0.25) is 0 Å². The van der Waals surface area contributed by atoms with Crippen molar-refractivity contribution in [1.29, 1.82) is 0 Å². The lowest BCUT2D eigenvalue weighted by Crippen LogP contribution is -2.34. The van der Waals surface area contributed by atoms with Crippen LogP contribution in [0.25, 0.3) is 0 Å². The van der Waals surface area contributed by atoms with E-state index in [4.69, 9.17) is 18.9 Å². The Labute approximate surface area is 212 Å². The van der Waals surface area contributed by atoms with Crippen LogP contribution >= 0.6 is 0 Å². The molecule has 0 aromatic heterocycles. The van der Waals surface area contributed by atoms with Crippen LogP contribution in [-0.4, -0.2) is 102 Å². The Kier molecular flexibility index (Phi) is 24.2. The third kappa shape index (κ3) is 21.1. The molecule has 1 saturated heterocycles. The van der Waals surface area contributed by atoms with Crippen molar-refractivity contribution >= 4 is 0 Å². The van der Waals surface area contributed by atoms with Crippen molar-refractivity contribution in [3.8, 4) is 0 Å². The fraction of sp³-hybridized carbons (Fsp3) is 1.00. The first-order valence-electron chi connectivity index (χ1n) is 14.6. The van der Waals surface area contributed by atoms with E-state index in [1.165, 1.54) is 77.0 Å². The lowest BCUT2D eigenvalue weighted by Gasteiger charge is -2.23. The Bertz CT molecular complexity index is 345. The molecule has 0 atom stereocenters. The van der Waals surface area contributed by atoms with Gasteiger partial charge >= 0.3 is 0 Å². The highest BCUT2D eigenvalue weighted by Crippen LogP contribution is 2.07. The van der Waals surface area contributed by atoms with Crippen molar-refractivity contribution in [1.82, 2.24) is 9.80 Å². The zero-order valence-electron chi connectivity index (χ0n) is 22.9. The number of unbranched alkanes of at least 4 members (excludes halogenated alkanes) is 10. The molecule has 6 heteroatoms. The minimum absolute atomic E-state index is 0.682. The monoisotopic (exact) mass is 486 g/mol. The summed E-state index contributed by atoms with van der Waals surface area (Å²) in [5.74, 6) is 0. The van der Waals surface area contributed by atoms with Gasteiger partial charge in [0.15, 0.2) is 0 Å². The van der Waals surface area contributed by atoms with E-state index in [-0.39, 0.29) is 0 Å². The molecule has 0 radical (unpaired) electrons. The molecule has 0 saturated carbocycles. The predicted octanol–water partition coefficient (Wildman–Crippen LogP) is 5.39. The molecular formula is C28H58N2O4. The summed E-state index contributed by atoms with van der Waals surface area (Å²) in [7, 11) is 0. The van der Waals surface area contributed by atoms with Gasteiger partial charge in [-0.3, -0.25) is 9.80 Å². The van der Waals surface area contributed by atoms with Gasteiger partial charge in [-0.1, -0.05) is 78.1 Å². The lowest BCUT2D eigenvalue weighted by molar-refractivity contribution is 0.00776. The Morgan fingerprint density at radius 3 is 1.00 bits per heavy atom. The van der Waals surface area contributed by atoms with Crippen molar-refractivity contribution in [2.45, 2.75) is 90.9 Å². The molecule has 1 aliphatic rings. The Hall–Kier alpha value is -0.240. The summed E-state index contributed by atoms with van der Waals surface area (Å²) in [6, 6.07) is 0. The van der Waals surface area contributed by atoms with E-state index >= 15 is 0 Å². The molecule has 204 valence electrons. The molecule has 1 heterocycles. The highest BCUT2D eigenvalue weighted by Gasteiger charge is 2.08. The molecule has 1 rings (SSSR count). The van der Waals surface area contributed by atoms with Gasteiger partial charge in [-0.2, -0.15) is 0 Å². The SMILES string of the molecule is CCCCCCCCN1CCOCCOCCN(CCCCCCCC)CCOCCOCC1. The van der Waals surface area contributed by atoms with Crippen LogP contribution in [0.4, 0.5) is 0 Å². The van der Waals surface area contributed by atoms with E-state index < -0.39 is 0 Å². The van der Waals surface area contributed by atoms with Crippen LogP contribution in [0.15, 0.2) is 0 Å². The number of hydrogen-bond donors (Lipinski definition) is 0. The largest absolute Gasteiger partial charge is 0.378 e. The fourth-order valence-electron chi connectivity index (χ4n) is 4.32. The first-order valence-corrected chi connectivity index (χ1v) is 14.6. The van der Waals surface area contributed by atoms with Gasteiger partial charge in [-0.05, 0) is 25.9 Å². The van der Waals surface area contributed by atoms with E-state index in [2.05, 4.69) is 23.6 Å². The summed E-state index contributed by atoms with van der Waals surface area (Å²) in [4.78, 5) is 4.98. The second kappa shape index (κ2) is 25.8. The van der Waals surface area contributed by atoms with Crippen LogP contribution in [0.2, 0.25) is 0 Å². The third-order valence-corrected chi connectivity index (χ3v) is 6.61. The zero-order chi connectivity index (χ0) is 24.4. The Morgan fingerprint density at radius 2 is 0.676 bits per heavy atom. The van der Waals surface area contributed by atoms with Gasteiger partial charge in [0, 0.05) is 26.2 Å². The van der Waals surface area contributed by atoms with Crippen LogP contribution in [0, 0.1) is 0 Å². The van der Waals surface area contributed by atoms with E-state index in [9.17, 15) is 0 Å². The average Bonchev–Trinajstić information content (AvgIpc) is 2.84. The summed E-state index contributed by atoms with van der Waals surface area (Å²) in [5.41, 5.74) is 0. The number of nitrogens with zero attached hydrogens (tertiary/aromatic N) is 2. The van der Waals surface area contributed by atoms with Crippen LogP contribution < -0.4 is 0 Å². The van der Waals surface area contributed by atoms with E-state index in [0.717, 1.165) is 65.7 Å². The van der Waals surface area contributed by atoms with E-state index in [1.54, 1.807) is 0 Å². The molecule has 1 fully saturated rings. The zero-order valence-corrected chi connectivity index (χ0v) is 22.9. The number of hydrogen-bond acceptors (Lipinski definition) is 6. The smallest absolute Gasteiger partial charge is 0.0701 e. The summed E-state index contributed by atoms with van der Waals surface area (Å²) < 4.78 is 23.5. The van der Waals surface area contributed by atoms with Gasteiger partial charge in [0.05, 0.1) is 52.9 Å². The summed E-state index contributed by atoms with van der Waals surface area (Å²) in [5, 5.41) is 0. The Balaban J connectivity index is 2.26. The minimum Gasteiger partial charge on any atom is -0.378 e. The topological polar surface area (TPSA) is 43.4 Å². The summed E-state index contributed by atoms with van der Waals surface area (Å²) in [6.45, 7) is 16.5. The molecule has 0 spiro atoms. The van der Waals surface area contributed by atoms with Crippen molar-refractivity contribution < 1.29 is 18.9 Å². The average molecular weight is 487 g/mol. The standard InChI is InChI=1S/C28H58N2O4/c1-3-5-7-9-11-13-15-29-17-21-31-25-27-33-23-19-30(16-14-12-10-8-6-4-2)20-24-34-28-26-32-22-18-29/h3-28H2,1-2H3. The van der Waals surface area contributed by atoms with Crippen LogP contribution in [0.1, 0.15) is 90.9 Å². The number of rotatable bonds is 14. The quantitative estimate of drug-likeness (QED) is 0.307. The molecule has 0 bridgehead atoms. The van der Waals surface area contributed by atoms with Gasteiger partial charge in [0.25, 0.3) is 0 Å². The maximum Gasteiger partial charge on any atom is 0.0701 e. The Morgan fingerprint density at radius 1 is 0.382 bits per heavy atom. The van der Waals surface area contributed by atoms with Crippen LogP contribution in [-0.2, 0) is 18.9 Å². The maximum absolute atomic E-state index is 5.87. The highest BCUT2D eigenvalue weighted by molar-refractivity contribution is 4.60. The second-order valence-electron chi connectivity index (χ2n) is 9.67. The molecule has 0 amide bonds. The molecular weight excluding hydrogens is 428 g/mol. The van der Waals surface area contributed by atoms with Crippen LogP contribution in [0.3, 0.4) is 0 Å². The van der Waals surface area contributed by atoms with Gasteiger partial charge in [0.1, 0.15) is 0 Å². The van der Waals surface area contributed by atoms with Crippen molar-refractivity contribution in [3.05, 3.63) is 0 Å². The van der Waals surface area contributed by atoms with Gasteiger partial charge in [-0.15, -0.1) is 0 Å². The van der Waals surface area contributed by atoms with Crippen LogP contribution in [0.5, 0.6) is 0 Å². The third-order valence-electron chi connectivity index (χ3n) is 6.61. The predicted molar refractivity (Wildman–Crippen MR) is 143 cm³/mol. The van der Waals surface area contributed by atoms with Gasteiger partial charge < -0.3 is 18.9 Å². The van der Waals surface area contributed by atoms with Crippen molar-refractivity contribution in [2.75, 3.05) is 92.1 Å². The lowest BCUT2D eigenvalue weighted by atomic mass is 10.1. The minimum atomic E-state index is 0.682. The normalized spacial score (nSPS) is 19.6. The van der Waals surface area contributed by atoms with Crippen molar-refractivity contribution in [3.63, 3.8) is 0 Å². The van der Waals surface area contributed by atoms with E-state index in [0.29, 0.717) is 26.4 Å². The molecule has 0 aliphatic carbocycles. The van der Waals surface area contributed by atoms with Gasteiger partial charge in [-0.25, -0.2) is 0 Å². The molecule has 34 heavy (non-hydrogen) atoms. The number of ether oxygens (including phenoxy) is 4. The summed E-state index contributed by atoms with van der Waals surface area (Å²) in [6.07, 6.45) is 16.0. The summed E-state index contributed by atoms with van der Waals surface area (Å²) >= 11 is 0. The highest BCUT2D eigenvalue weighted by atomic mass is 16.5. The molecule has 0 aromatic rings. The fourth-order valence-corrected chi connectivity index (χ4v) is 4.32. The first-order chi connectivity index (χ1) is 16.9. The molecule has 1 aliphatic heterocycles. The second-order valence-corrected chi connectivity index (χ2v) is 9.67. The van der Waals surface area contributed by atoms with E-state index in [1.807, 2.05) is 0 Å². The first kappa shape index (κ1) is 31.8. The molecule has 0 N–H and O–H groups in total. The molecule has 0 unspecified atom stereocenters.